The van der Waals surface area contributed by atoms with Crippen LogP contribution in [0.1, 0.15) is 23.3 Å². The van der Waals surface area contributed by atoms with Crippen LogP contribution in [0.15, 0.2) is 49.6 Å². The molecule has 0 saturated heterocycles. The fraction of sp³-hybridized carbons (Fsp3) is 0.286. The average molecular weight is 218 g/mol. The van der Waals surface area contributed by atoms with E-state index in [9.17, 15) is 0 Å². The summed E-state index contributed by atoms with van der Waals surface area (Å²) in [6.07, 6.45) is 3.31. The smallest absolute Gasteiger partial charge is 0.100 e. The third-order valence-corrected chi connectivity index (χ3v) is 2.55. The van der Waals surface area contributed by atoms with E-state index in [-0.39, 0.29) is 12.2 Å². The van der Waals surface area contributed by atoms with Gasteiger partial charge in [-0.05, 0) is 11.1 Å². The first-order valence-electron chi connectivity index (χ1n) is 5.18. The van der Waals surface area contributed by atoms with Crippen LogP contribution in [0.25, 0.3) is 0 Å². The zero-order valence-corrected chi connectivity index (χ0v) is 9.85. The van der Waals surface area contributed by atoms with Gasteiger partial charge in [0, 0.05) is 14.2 Å². The normalized spacial score (nSPS) is 14.1. The SMILES string of the molecule is C=CC(OC)c1ccccc1C(C=C)OC. The summed E-state index contributed by atoms with van der Waals surface area (Å²) in [4.78, 5) is 0. The molecule has 0 aliphatic heterocycles. The van der Waals surface area contributed by atoms with Gasteiger partial charge in [0.15, 0.2) is 0 Å². The number of methoxy groups -OCH3 is 2. The van der Waals surface area contributed by atoms with Crippen molar-refractivity contribution in [2.75, 3.05) is 14.2 Å². The predicted molar refractivity (Wildman–Crippen MR) is 66.3 cm³/mol. The highest BCUT2D eigenvalue weighted by atomic mass is 16.5. The van der Waals surface area contributed by atoms with E-state index in [1.54, 1.807) is 26.4 Å². The lowest BCUT2D eigenvalue weighted by atomic mass is 9.98. The van der Waals surface area contributed by atoms with Crippen LogP contribution in [0, 0.1) is 0 Å². The van der Waals surface area contributed by atoms with E-state index in [0.29, 0.717) is 0 Å². The molecular weight excluding hydrogens is 200 g/mol. The Balaban J connectivity index is 3.17. The largest absolute Gasteiger partial charge is 0.373 e. The Morgan fingerprint density at radius 2 is 1.31 bits per heavy atom. The van der Waals surface area contributed by atoms with E-state index < -0.39 is 0 Å². The van der Waals surface area contributed by atoms with Gasteiger partial charge in [-0.25, -0.2) is 0 Å². The molecule has 2 heteroatoms. The summed E-state index contributed by atoms with van der Waals surface area (Å²) in [5, 5.41) is 0. The molecule has 0 aliphatic rings. The summed E-state index contributed by atoms with van der Waals surface area (Å²) < 4.78 is 10.7. The van der Waals surface area contributed by atoms with Crippen molar-refractivity contribution in [2.45, 2.75) is 12.2 Å². The van der Waals surface area contributed by atoms with Gasteiger partial charge in [-0.1, -0.05) is 36.4 Å². The van der Waals surface area contributed by atoms with Crippen LogP contribution in [0.5, 0.6) is 0 Å². The Hall–Kier alpha value is -1.38. The highest BCUT2D eigenvalue weighted by Gasteiger charge is 2.15. The Bertz CT molecular complexity index is 323. The number of hydrogen-bond acceptors (Lipinski definition) is 2. The average Bonchev–Trinajstić information content (AvgIpc) is 2.34. The first-order valence-corrected chi connectivity index (χ1v) is 5.18. The van der Waals surface area contributed by atoms with Gasteiger partial charge in [-0.3, -0.25) is 0 Å². The first kappa shape index (κ1) is 12.7. The molecule has 0 bridgehead atoms. The lowest BCUT2D eigenvalue weighted by molar-refractivity contribution is 0.125. The van der Waals surface area contributed by atoms with Crippen molar-refractivity contribution < 1.29 is 9.47 Å². The van der Waals surface area contributed by atoms with Gasteiger partial charge in [0.05, 0.1) is 0 Å². The zero-order valence-electron chi connectivity index (χ0n) is 9.85. The molecule has 1 rings (SSSR count). The van der Waals surface area contributed by atoms with E-state index in [2.05, 4.69) is 13.2 Å². The van der Waals surface area contributed by atoms with Crippen LogP contribution in [0.4, 0.5) is 0 Å². The lowest BCUT2D eigenvalue weighted by Crippen LogP contribution is -2.06. The van der Waals surface area contributed by atoms with Crippen LogP contribution in [0.3, 0.4) is 0 Å². The van der Waals surface area contributed by atoms with E-state index in [0.717, 1.165) is 11.1 Å². The molecular formula is C14H18O2. The molecule has 0 amide bonds. The molecule has 0 aliphatic carbocycles. The maximum absolute atomic E-state index is 5.36. The third kappa shape index (κ3) is 2.60. The second-order valence-electron chi connectivity index (χ2n) is 3.41. The molecule has 0 aromatic heterocycles. The Morgan fingerprint density at radius 3 is 1.56 bits per heavy atom. The first-order chi connectivity index (χ1) is 7.78. The summed E-state index contributed by atoms with van der Waals surface area (Å²) in [6.45, 7) is 7.54. The van der Waals surface area contributed by atoms with Gasteiger partial charge in [0.25, 0.3) is 0 Å². The van der Waals surface area contributed by atoms with Crippen LogP contribution in [-0.2, 0) is 9.47 Å². The number of hydrogen-bond donors (Lipinski definition) is 0. The van der Waals surface area contributed by atoms with Gasteiger partial charge in [-0.15, -0.1) is 13.2 Å². The van der Waals surface area contributed by atoms with Crippen molar-refractivity contribution in [3.63, 3.8) is 0 Å². The van der Waals surface area contributed by atoms with Gasteiger partial charge in [-0.2, -0.15) is 0 Å². The summed E-state index contributed by atoms with van der Waals surface area (Å²) in [5.41, 5.74) is 2.12. The maximum Gasteiger partial charge on any atom is 0.100 e. The minimum atomic E-state index is -0.117. The Morgan fingerprint density at radius 1 is 0.938 bits per heavy atom. The molecule has 16 heavy (non-hydrogen) atoms. The quantitative estimate of drug-likeness (QED) is 0.681. The van der Waals surface area contributed by atoms with Crippen molar-refractivity contribution in [2.24, 2.45) is 0 Å². The fourth-order valence-electron chi connectivity index (χ4n) is 1.73. The molecule has 0 N–H and O–H groups in total. The monoisotopic (exact) mass is 218 g/mol. The van der Waals surface area contributed by atoms with Crippen molar-refractivity contribution in [1.82, 2.24) is 0 Å². The van der Waals surface area contributed by atoms with Gasteiger partial charge < -0.3 is 9.47 Å². The second kappa shape index (κ2) is 6.26. The highest BCUT2D eigenvalue weighted by molar-refractivity contribution is 5.34. The lowest BCUT2D eigenvalue weighted by Gasteiger charge is -2.19. The minimum absolute atomic E-state index is 0.117. The molecule has 2 unspecified atom stereocenters. The molecule has 2 atom stereocenters. The van der Waals surface area contributed by atoms with Gasteiger partial charge in [0.1, 0.15) is 12.2 Å². The molecule has 1 aromatic carbocycles. The molecule has 1 aromatic rings. The van der Waals surface area contributed by atoms with Crippen LogP contribution >= 0.6 is 0 Å². The van der Waals surface area contributed by atoms with Crippen molar-refractivity contribution in [3.05, 3.63) is 60.7 Å². The number of rotatable bonds is 6. The van der Waals surface area contributed by atoms with E-state index >= 15 is 0 Å². The van der Waals surface area contributed by atoms with Crippen LogP contribution < -0.4 is 0 Å². The van der Waals surface area contributed by atoms with E-state index in [4.69, 9.17) is 9.47 Å². The number of benzene rings is 1. The van der Waals surface area contributed by atoms with E-state index in [1.165, 1.54) is 0 Å². The molecule has 0 heterocycles. The minimum Gasteiger partial charge on any atom is -0.373 e. The summed E-state index contributed by atoms with van der Waals surface area (Å²) >= 11 is 0. The summed E-state index contributed by atoms with van der Waals surface area (Å²) in [6, 6.07) is 7.98. The second-order valence-corrected chi connectivity index (χ2v) is 3.41. The number of ether oxygens (including phenoxy) is 2. The molecule has 86 valence electrons. The topological polar surface area (TPSA) is 18.5 Å². The van der Waals surface area contributed by atoms with Crippen LogP contribution in [0.2, 0.25) is 0 Å². The summed E-state index contributed by atoms with van der Waals surface area (Å²) in [7, 11) is 3.33. The summed E-state index contributed by atoms with van der Waals surface area (Å²) in [5.74, 6) is 0. The molecule has 0 radical (unpaired) electrons. The maximum atomic E-state index is 5.36. The van der Waals surface area contributed by atoms with Crippen molar-refractivity contribution in [3.8, 4) is 0 Å². The van der Waals surface area contributed by atoms with Gasteiger partial charge in [0.2, 0.25) is 0 Å². The molecule has 0 fully saturated rings. The standard InChI is InChI=1S/C14H18O2/c1-5-13(15-3)11-9-7-8-10-12(11)14(6-2)16-4/h5-10,13-14H,1-2H2,3-4H3. The fourth-order valence-corrected chi connectivity index (χ4v) is 1.73. The van der Waals surface area contributed by atoms with Crippen LogP contribution in [-0.4, -0.2) is 14.2 Å². The Labute approximate surface area is 97.2 Å². The zero-order chi connectivity index (χ0) is 12.0. The Kier molecular flexibility index (Phi) is 4.96. The molecule has 0 spiro atoms. The third-order valence-electron chi connectivity index (χ3n) is 2.55. The van der Waals surface area contributed by atoms with Gasteiger partial charge >= 0.3 is 0 Å². The molecule has 2 nitrogen and oxygen atoms in total. The highest BCUT2D eigenvalue weighted by Crippen LogP contribution is 2.28. The molecule has 0 saturated carbocycles. The van der Waals surface area contributed by atoms with Crippen molar-refractivity contribution in [1.29, 1.82) is 0 Å². The van der Waals surface area contributed by atoms with E-state index in [1.807, 2.05) is 24.3 Å². The predicted octanol–water partition coefficient (Wildman–Crippen LogP) is 3.43. The van der Waals surface area contributed by atoms with Crippen molar-refractivity contribution >= 4 is 0 Å².